The van der Waals surface area contributed by atoms with E-state index in [9.17, 15) is 0 Å². The maximum atomic E-state index is 5.12. The van der Waals surface area contributed by atoms with Crippen LogP contribution in [0.4, 0.5) is 0 Å². The first-order valence-electron chi connectivity index (χ1n) is 5.64. The minimum absolute atomic E-state index is 0.440. The largest absolute Gasteiger partial charge is 0.339 e. The predicted molar refractivity (Wildman–Crippen MR) is 59.7 cm³/mol. The quantitative estimate of drug-likeness (QED) is 0.781. The van der Waals surface area contributed by atoms with Crippen LogP contribution in [0.2, 0.25) is 0 Å². The predicted octanol–water partition coefficient (Wildman–Crippen LogP) is 1.94. The molecule has 0 amide bonds. The molecule has 1 unspecified atom stereocenters. The maximum Gasteiger partial charge on any atom is 0.228 e. The zero-order chi connectivity index (χ0) is 11.3. The number of aryl methyl sites for hydroxylation is 1. The number of rotatable bonds is 6. The van der Waals surface area contributed by atoms with E-state index in [4.69, 9.17) is 4.52 Å². The summed E-state index contributed by atoms with van der Waals surface area (Å²) in [7, 11) is 0. The molecule has 1 heterocycles. The second kappa shape index (κ2) is 5.85. The Balaban J connectivity index is 2.50. The minimum Gasteiger partial charge on any atom is -0.339 e. The second-order valence-electron chi connectivity index (χ2n) is 4.32. The number of aromatic nitrogens is 2. The van der Waals surface area contributed by atoms with Gasteiger partial charge in [-0.25, -0.2) is 0 Å². The first-order valence-corrected chi connectivity index (χ1v) is 5.64. The smallest absolute Gasteiger partial charge is 0.228 e. The molecule has 0 aliphatic heterocycles. The van der Waals surface area contributed by atoms with Crippen LogP contribution in [-0.4, -0.2) is 22.7 Å². The molecular weight excluding hydrogens is 190 g/mol. The summed E-state index contributed by atoms with van der Waals surface area (Å²) in [6.45, 7) is 9.39. The van der Waals surface area contributed by atoms with Crippen molar-refractivity contribution in [3.63, 3.8) is 0 Å². The van der Waals surface area contributed by atoms with Crippen LogP contribution in [0, 0.1) is 12.8 Å². The van der Waals surface area contributed by atoms with E-state index in [0.717, 1.165) is 25.3 Å². The number of nitrogens with one attached hydrogen (secondary N) is 1. The van der Waals surface area contributed by atoms with Crippen LogP contribution in [-0.2, 0) is 6.42 Å². The van der Waals surface area contributed by atoms with Gasteiger partial charge in [0.2, 0.25) is 5.89 Å². The van der Waals surface area contributed by atoms with Crippen LogP contribution in [0.25, 0.3) is 0 Å². The van der Waals surface area contributed by atoms with Gasteiger partial charge in [-0.15, -0.1) is 0 Å². The number of hydrogen-bond acceptors (Lipinski definition) is 4. The molecular formula is C11H21N3O. The van der Waals surface area contributed by atoms with Gasteiger partial charge in [-0.3, -0.25) is 0 Å². The third-order valence-electron chi connectivity index (χ3n) is 2.24. The zero-order valence-electron chi connectivity index (χ0n) is 10.1. The van der Waals surface area contributed by atoms with E-state index in [1.54, 1.807) is 0 Å². The molecule has 0 saturated heterocycles. The summed E-state index contributed by atoms with van der Waals surface area (Å²) in [4.78, 5) is 4.22. The van der Waals surface area contributed by atoms with Crippen molar-refractivity contribution in [3.8, 4) is 0 Å². The Labute approximate surface area is 91.5 Å². The molecule has 0 spiro atoms. The van der Waals surface area contributed by atoms with Crippen LogP contribution in [0.1, 0.15) is 38.9 Å². The topological polar surface area (TPSA) is 51.0 Å². The molecule has 1 rings (SSSR count). The summed E-state index contributed by atoms with van der Waals surface area (Å²) < 4.78 is 5.12. The van der Waals surface area contributed by atoms with Gasteiger partial charge < -0.3 is 9.84 Å². The van der Waals surface area contributed by atoms with Crippen molar-refractivity contribution >= 4 is 0 Å². The molecule has 1 N–H and O–H groups in total. The molecule has 0 fully saturated rings. The number of hydrogen-bond donors (Lipinski definition) is 1. The SMILES string of the molecule is CCNC(Cc1nc(C)no1)CC(C)C. The molecule has 4 heteroatoms. The van der Waals surface area contributed by atoms with Crippen LogP contribution in [0.5, 0.6) is 0 Å². The first-order chi connectivity index (χ1) is 7.11. The summed E-state index contributed by atoms with van der Waals surface area (Å²) in [5.74, 6) is 2.13. The fourth-order valence-corrected chi connectivity index (χ4v) is 1.73. The fourth-order valence-electron chi connectivity index (χ4n) is 1.73. The zero-order valence-corrected chi connectivity index (χ0v) is 10.1. The third-order valence-corrected chi connectivity index (χ3v) is 2.24. The lowest BCUT2D eigenvalue weighted by Crippen LogP contribution is -2.32. The molecule has 15 heavy (non-hydrogen) atoms. The Morgan fingerprint density at radius 3 is 2.60 bits per heavy atom. The fraction of sp³-hybridized carbons (Fsp3) is 0.818. The van der Waals surface area contributed by atoms with Gasteiger partial charge >= 0.3 is 0 Å². The Morgan fingerprint density at radius 1 is 1.40 bits per heavy atom. The molecule has 0 aliphatic carbocycles. The normalized spacial score (nSPS) is 13.4. The second-order valence-corrected chi connectivity index (χ2v) is 4.32. The van der Waals surface area contributed by atoms with Gasteiger partial charge in [-0.1, -0.05) is 25.9 Å². The summed E-state index contributed by atoms with van der Waals surface area (Å²) in [6, 6.07) is 0.440. The van der Waals surface area contributed by atoms with Crippen molar-refractivity contribution in [1.29, 1.82) is 0 Å². The van der Waals surface area contributed by atoms with Crippen LogP contribution in [0.15, 0.2) is 4.52 Å². The highest BCUT2D eigenvalue weighted by Crippen LogP contribution is 2.09. The Hall–Kier alpha value is -0.900. The highest BCUT2D eigenvalue weighted by Gasteiger charge is 2.14. The standard InChI is InChI=1S/C11H21N3O/c1-5-12-10(6-8(2)3)7-11-13-9(4)14-15-11/h8,10,12H,5-7H2,1-4H3. The number of nitrogens with zero attached hydrogens (tertiary/aromatic N) is 2. The van der Waals surface area contributed by atoms with Gasteiger partial charge in [0, 0.05) is 12.5 Å². The van der Waals surface area contributed by atoms with Crippen molar-refractivity contribution < 1.29 is 4.52 Å². The van der Waals surface area contributed by atoms with Gasteiger partial charge in [0.25, 0.3) is 0 Å². The van der Waals surface area contributed by atoms with E-state index in [1.165, 1.54) is 0 Å². The minimum atomic E-state index is 0.440. The van der Waals surface area contributed by atoms with E-state index in [0.29, 0.717) is 17.8 Å². The molecule has 86 valence electrons. The Kier molecular flexibility index (Phi) is 4.75. The van der Waals surface area contributed by atoms with Crippen molar-refractivity contribution in [3.05, 3.63) is 11.7 Å². The third kappa shape index (κ3) is 4.42. The Morgan fingerprint density at radius 2 is 2.13 bits per heavy atom. The summed E-state index contributed by atoms with van der Waals surface area (Å²) in [5.41, 5.74) is 0. The molecule has 4 nitrogen and oxygen atoms in total. The highest BCUT2D eigenvalue weighted by molar-refractivity contribution is 4.87. The van der Waals surface area contributed by atoms with E-state index >= 15 is 0 Å². The average molecular weight is 211 g/mol. The molecule has 0 radical (unpaired) electrons. The van der Waals surface area contributed by atoms with Crippen molar-refractivity contribution in [1.82, 2.24) is 15.5 Å². The van der Waals surface area contributed by atoms with Crippen molar-refractivity contribution in [2.24, 2.45) is 5.92 Å². The van der Waals surface area contributed by atoms with Gasteiger partial charge in [0.05, 0.1) is 0 Å². The molecule has 1 atom stereocenters. The lowest BCUT2D eigenvalue weighted by molar-refractivity contribution is 0.338. The van der Waals surface area contributed by atoms with E-state index in [1.807, 2.05) is 6.92 Å². The summed E-state index contributed by atoms with van der Waals surface area (Å²) in [5, 5.41) is 7.24. The van der Waals surface area contributed by atoms with E-state index in [2.05, 4.69) is 36.2 Å². The lowest BCUT2D eigenvalue weighted by atomic mass is 10.0. The van der Waals surface area contributed by atoms with Crippen molar-refractivity contribution in [2.45, 2.75) is 46.6 Å². The van der Waals surface area contributed by atoms with Gasteiger partial charge in [-0.05, 0) is 25.8 Å². The average Bonchev–Trinajstić information content (AvgIpc) is 2.50. The van der Waals surface area contributed by atoms with Crippen LogP contribution < -0.4 is 5.32 Å². The molecule has 0 bridgehead atoms. The summed E-state index contributed by atoms with van der Waals surface area (Å²) in [6.07, 6.45) is 1.96. The molecule has 1 aromatic rings. The maximum absolute atomic E-state index is 5.12. The van der Waals surface area contributed by atoms with Crippen LogP contribution >= 0.6 is 0 Å². The molecule has 0 aromatic carbocycles. The Bertz CT molecular complexity index is 283. The van der Waals surface area contributed by atoms with Gasteiger partial charge in [0.15, 0.2) is 5.82 Å². The molecule has 0 saturated carbocycles. The van der Waals surface area contributed by atoms with Gasteiger partial charge in [-0.2, -0.15) is 4.98 Å². The lowest BCUT2D eigenvalue weighted by Gasteiger charge is -2.17. The monoisotopic (exact) mass is 211 g/mol. The van der Waals surface area contributed by atoms with E-state index in [-0.39, 0.29) is 0 Å². The molecule has 1 aromatic heterocycles. The molecule has 0 aliphatic rings. The van der Waals surface area contributed by atoms with Crippen LogP contribution in [0.3, 0.4) is 0 Å². The van der Waals surface area contributed by atoms with E-state index < -0.39 is 0 Å². The number of likely N-dealkylation sites (N-methyl/N-ethyl adjacent to an activating group) is 1. The van der Waals surface area contributed by atoms with Crippen molar-refractivity contribution in [2.75, 3.05) is 6.54 Å². The van der Waals surface area contributed by atoms with Gasteiger partial charge in [0.1, 0.15) is 0 Å². The first kappa shape index (κ1) is 12.2. The highest BCUT2D eigenvalue weighted by atomic mass is 16.5. The summed E-state index contributed by atoms with van der Waals surface area (Å²) >= 11 is 0.